The van der Waals surface area contributed by atoms with E-state index in [2.05, 4.69) is 10.1 Å². The number of nitrogens with zero attached hydrogens (tertiary/aromatic N) is 2. The predicted molar refractivity (Wildman–Crippen MR) is 89.7 cm³/mol. The Bertz CT molecular complexity index is 901. The van der Waals surface area contributed by atoms with Crippen molar-refractivity contribution in [3.8, 4) is 11.4 Å². The summed E-state index contributed by atoms with van der Waals surface area (Å²) in [5.41, 5.74) is 2.24. The Morgan fingerprint density at radius 2 is 1.96 bits per heavy atom. The van der Waals surface area contributed by atoms with Gasteiger partial charge in [-0.15, -0.1) is 0 Å². The van der Waals surface area contributed by atoms with E-state index in [1.165, 1.54) is 12.1 Å². The highest BCUT2D eigenvalue weighted by atomic mass is 19.1. The highest BCUT2D eigenvalue weighted by molar-refractivity contribution is 5.87. The second-order valence-electron chi connectivity index (χ2n) is 5.34. The Kier molecular flexibility index (Phi) is 4.99. The lowest BCUT2D eigenvalue weighted by Crippen LogP contribution is -2.01. The molecule has 0 spiro atoms. The minimum absolute atomic E-state index is 0.153. The molecular weight excluding hydrogens is 323 g/mol. The van der Waals surface area contributed by atoms with Crippen molar-refractivity contribution in [2.24, 2.45) is 0 Å². The van der Waals surface area contributed by atoms with Gasteiger partial charge in [-0.05, 0) is 19.1 Å². The number of aryl methyl sites for hydroxylation is 1. The zero-order valence-corrected chi connectivity index (χ0v) is 13.5. The van der Waals surface area contributed by atoms with E-state index < -0.39 is 11.8 Å². The topological polar surface area (TPSA) is 65.2 Å². The summed E-state index contributed by atoms with van der Waals surface area (Å²) in [7, 11) is 0. The maximum atomic E-state index is 13.4. The van der Waals surface area contributed by atoms with Crippen molar-refractivity contribution >= 4 is 12.0 Å². The van der Waals surface area contributed by atoms with Gasteiger partial charge in [0.15, 0.2) is 6.61 Å². The van der Waals surface area contributed by atoms with Gasteiger partial charge in [-0.1, -0.05) is 53.2 Å². The van der Waals surface area contributed by atoms with Crippen molar-refractivity contribution in [1.29, 1.82) is 0 Å². The number of aromatic nitrogens is 2. The van der Waals surface area contributed by atoms with Crippen LogP contribution in [0.25, 0.3) is 17.5 Å². The van der Waals surface area contributed by atoms with Crippen molar-refractivity contribution < 1.29 is 18.4 Å². The molecule has 1 heterocycles. The molecule has 0 amide bonds. The quantitative estimate of drug-likeness (QED) is 0.521. The van der Waals surface area contributed by atoms with Crippen LogP contribution in [-0.4, -0.2) is 16.1 Å². The number of halogens is 1. The lowest BCUT2D eigenvalue weighted by atomic mass is 10.1. The molecule has 0 aliphatic heterocycles. The molecule has 25 heavy (non-hydrogen) atoms. The molecule has 0 fully saturated rings. The van der Waals surface area contributed by atoms with Crippen molar-refractivity contribution in [2.75, 3.05) is 0 Å². The second kappa shape index (κ2) is 7.53. The van der Waals surface area contributed by atoms with E-state index in [1.807, 2.05) is 31.2 Å². The van der Waals surface area contributed by atoms with Crippen LogP contribution in [0, 0.1) is 12.7 Å². The van der Waals surface area contributed by atoms with Crippen LogP contribution >= 0.6 is 0 Å². The summed E-state index contributed by atoms with van der Waals surface area (Å²) in [6.07, 6.45) is 2.50. The summed E-state index contributed by atoms with van der Waals surface area (Å²) in [6, 6.07) is 13.8. The number of benzene rings is 2. The molecule has 0 atom stereocenters. The Labute approximate surface area is 143 Å². The van der Waals surface area contributed by atoms with Crippen LogP contribution in [0.2, 0.25) is 0 Å². The number of hydrogen-bond acceptors (Lipinski definition) is 5. The second-order valence-corrected chi connectivity index (χ2v) is 5.34. The number of rotatable bonds is 5. The maximum absolute atomic E-state index is 13.4. The minimum Gasteiger partial charge on any atom is -0.452 e. The fourth-order valence-corrected chi connectivity index (χ4v) is 2.08. The van der Waals surface area contributed by atoms with Crippen LogP contribution in [0.3, 0.4) is 0 Å². The summed E-state index contributed by atoms with van der Waals surface area (Å²) >= 11 is 0. The summed E-state index contributed by atoms with van der Waals surface area (Å²) in [5.74, 6) is -0.430. The molecule has 0 bridgehead atoms. The largest absolute Gasteiger partial charge is 0.452 e. The smallest absolute Gasteiger partial charge is 0.331 e. The standard InChI is InChI=1S/C19H15FN2O3/c1-13-6-8-15(9-7-13)19-21-17(25-22-19)12-24-18(23)11-10-14-4-2-3-5-16(14)20/h2-11H,12H2,1H3/b11-10+. The SMILES string of the molecule is Cc1ccc(-c2noc(COC(=O)/C=C/c3ccccc3F)n2)cc1. The Morgan fingerprint density at radius 3 is 2.72 bits per heavy atom. The van der Waals surface area contributed by atoms with E-state index >= 15 is 0 Å². The third-order valence-electron chi connectivity index (χ3n) is 3.42. The van der Waals surface area contributed by atoms with Gasteiger partial charge >= 0.3 is 5.97 Å². The van der Waals surface area contributed by atoms with Gasteiger partial charge in [0, 0.05) is 17.2 Å². The Morgan fingerprint density at radius 1 is 1.20 bits per heavy atom. The normalized spacial score (nSPS) is 11.0. The number of carbonyl (C=O) groups excluding carboxylic acids is 1. The van der Waals surface area contributed by atoms with Gasteiger partial charge in [-0.3, -0.25) is 0 Å². The molecule has 3 aromatic rings. The lowest BCUT2D eigenvalue weighted by Gasteiger charge is -1.98. The van der Waals surface area contributed by atoms with Gasteiger partial charge < -0.3 is 9.26 Å². The van der Waals surface area contributed by atoms with E-state index in [0.717, 1.165) is 17.2 Å². The van der Waals surface area contributed by atoms with Crippen molar-refractivity contribution in [2.45, 2.75) is 13.5 Å². The van der Waals surface area contributed by atoms with Gasteiger partial charge in [-0.2, -0.15) is 4.98 Å². The first-order chi connectivity index (χ1) is 12.1. The van der Waals surface area contributed by atoms with E-state index in [1.54, 1.807) is 18.2 Å². The monoisotopic (exact) mass is 338 g/mol. The third kappa shape index (κ3) is 4.38. The molecule has 3 rings (SSSR count). The lowest BCUT2D eigenvalue weighted by molar-refractivity contribution is -0.139. The number of carbonyl (C=O) groups is 1. The van der Waals surface area contributed by atoms with Crippen LogP contribution in [-0.2, 0) is 16.1 Å². The molecule has 1 aromatic heterocycles. The highest BCUT2D eigenvalue weighted by Crippen LogP contribution is 2.16. The number of hydrogen-bond donors (Lipinski definition) is 0. The summed E-state index contributed by atoms with van der Waals surface area (Å²) < 4.78 is 23.5. The van der Waals surface area contributed by atoms with Gasteiger partial charge in [0.25, 0.3) is 5.89 Å². The molecule has 0 aliphatic rings. The predicted octanol–water partition coefficient (Wildman–Crippen LogP) is 3.94. The van der Waals surface area contributed by atoms with E-state index in [9.17, 15) is 9.18 Å². The molecule has 0 saturated heterocycles. The third-order valence-corrected chi connectivity index (χ3v) is 3.42. The minimum atomic E-state index is -0.627. The first-order valence-electron chi connectivity index (χ1n) is 7.61. The van der Waals surface area contributed by atoms with E-state index in [0.29, 0.717) is 11.4 Å². The zero-order chi connectivity index (χ0) is 17.6. The average molecular weight is 338 g/mol. The van der Waals surface area contributed by atoms with Crippen LogP contribution in [0.1, 0.15) is 17.0 Å². The first kappa shape index (κ1) is 16.6. The van der Waals surface area contributed by atoms with E-state index in [4.69, 9.17) is 9.26 Å². The molecular formula is C19H15FN2O3. The summed E-state index contributed by atoms with van der Waals surface area (Å²) in [5, 5.41) is 3.85. The fourth-order valence-electron chi connectivity index (χ4n) is 2.08. The highest BCUT2D eigenvalue weighted by Gasteiger charge is 2.10. The average Bonchev–Trinajstić information content (AvgIpc) is 3.09. The van der Waals surface area contributed by atoms with Gasteiger partial charge in [0.2, 0.25) is 5.82 Å². The van der Waals surface area contributed by atoms with Gasteiger partial charge in [0.1, 0.15) is 5.82 Å². The van der Waals surface area contributed by atoms with Crippen molar-refractivity contribution in [3.63, 3.8) is 0 Å². The maximum Gasteiger partial charge on any atom is 0.331 e. The molecule has 0 radical (unpaired) electrons. The molecule has 0 aliphatic carbocycles. The molecule has 2 aromatic carbocycles. The van der Waals surface area contributed by atoms with Crippen LogP contribution in [0.15, 0.2) is 59.1 Å². The van der Waals surface area contributed by atoms with Gasteiger partial charge in [0.05, 0.1) is 0 Å². The summed E-state index contributed by atoms with van der Waals surface area (Å²) in [4.78, 5) is 15.9. The first-order valence-corrected chi connectivity index (χ1v) is 7.61. The van der Waals surface area contributed by atoms with Crippen molar-refractivity contribution in [1.82, 2.24) is 10.1 Å². The van der Waals surface area contributed by atoms with Crippen LogP contribution in [0.5, 0.6) is 0 Å². The molecule has 5 nitrogen and oxygen atoms in total. The van der Waals surface area contributed by atoms with Crippen LogP contribution < -0.4 is 0 Å². The molecule has 0 saturated carbocycles. The fraction of sp³-hybridized carbons (Fsp3) is 0.105. The Balaban J connectivity index is 1.58. The number of ether oxygens (including phenoxy) is 1. The molecule has 0 unspecified atom stereocenters. The molecule has 126 valence electrons. The Hall–Kier alpha value is -3.28. The van der Waals surface area contributed by atoms with E-state index in [-0.39, 0.29) is 12.5 Å². The zero-order valence-electron chi connectivity index (χ0n) is 13.5. The summed E-state index contributed by atoms with van der Waals surface area (Å²) in [6.45, 7) is 1.83. The molecule has 0 N–H and O–H groups in total. The van der Waals surface area contributed by atoms with Crippen LogP contribution in [0.4, 0.5) is 4.39 Å². The number of esters is 1. The van der Waals surface area contributed by atoms with Gasteiger partial charge in [-0.25, -0.2) is 9.18 Å². The van der Waals surface area contributed by atoms with Crippen molar-refractivity contribution in [3.05, 3.63) is 77.4 Å². The molecule has 6 heteroatoms.